The summed E-state index contributed by atoms with van der Waals surface area (Å²) in [5.74, 6) is -0.238. The van der Waals surface area contributed by atoms with Crippen LogP contribution in [0.5, 0.6) is 0 Å². The second-order valence-corrected chi connectivity index (χ2v) is 11.3. The number of amides is 1. The lowest BCUT2D eigenvalue weighted by molar-refractivity contribution is -0.120. The number of nitrogens with zero attached hydrogens (tertiary/aromatic N) is 2. The average Bonchev–Trinajstić information content (AvgIpc) is 2.80. The maximum absolute atomic E-state index is 12.9. The highest BCUT2D eigenvalue weighted by Crippen LogP contribution is 2.31. The van der Waals surface area contributed by atoms with E-state index in [1.807, 2.05) is 25.1 Å². The fourth-order valence-corrected chi connectivity index (χ4v) is 5.23. The Morgan fingerprint density at radius 2 is 1.78 bits per heavy atom. The normalized spacial score (nSPS) is 11.9. The molecular formula is C25H23Cl2N5O3S. The van der Waals surface area contributed by atoms with E-state index in [-0.39, 0.29) is 20.9 Å². The number of nitrogens with one attached hydrogen (secondary N) is 2. The topological polar surface area (TPSA) is 127 Å². The number of carbonyl (C=O) groups is 1. The molecule has 0 fully saturated rings. The Morgan fingerprint density at radius 3 is 2.50 bits per heavy atom. The highest BCUT2D eigenvalue weighted by Gasteiger charge is 2.23. The van der Waals surface area contributed by atoms with Gasteiger partial charge in [-0.3, -0.25) is 14.8 Å². The van der Waals surface area contributed by atoms with Gasteiger partial charge in [-0.1, -0.05) is 35.3 Å². The van der Waals surface area contributed by atoms with Crippen LogP contribution in [0.4, 0.5) is 11.6 Å². The predicted molar refractivity (Wildman–Crippen MR) is 144 cm³/mol. The minimum absolute atomic E-state index is 0.0688. The van der Waals surface area contributed by atoms with Crippen molar-refractivity contribution in [2.75, 3.05) is 10.0 Å². The van der Waals surface area contributed by atoms with E-state index in [9.17, 15) is 13.2 Å². The molecule has 0 saturated carbocycles. The van der Waals surface area contributed by atoms with Crippen molar-refractivity contribution in [3.8, 4) is 11.1 Å². The van der Waals surface area contributed by atoms with Crippen molar-refractivity contribution < 1.29 is 13.2 Å². The first-order valence-corrected chi connectivity index (χ1v) is 13.0. The van der Waals surface area contributed by atoms with E-state index in [1.165, 1.54) is 18.2 Å². The molecule has 11 heteroatoms. The maximum Gasteiger partial charge on any atom is 0.263 e. The molecule has 0 unspecified atom stereocenters. The zero-order valence-electron chi connectivity index (χ0n) is 19.6. The Morgan fingerprint density at radius 1 is 1.03 bits per heavy atom. The molecule has 0 aliphatic heterocycles. The molecule has 4 N–H and O–H groups in total. The van der Waals surface area contributed by atoms with Crippen molar-refractivity contribution in [1.29, 1.82) is 0 Å². The lowest BCUT2D eigenvalue weighted by Crippen LogP contribution is -2.45. The third kappa shape index (κ3) is 5.60. The molecule has 0 bridgehead atoms. The molecular weight excluding hydrogens is 521 g/mol. The van der Waals surface area contributed by atoms with Crippen LogP contribution < -0.4 is 15.8 Å². The minimum Gasteiger partial charge on any atom is -0.318 e. The maximum atomic E-state index is 12.9. The number of sulfonamides is 1. The molecule has 8 nitrogen and oxygen atoms in total. The fraction of sp³-hybridized carbons (Fsp3) is 0.160. The number of rotatable bonds is 6. The third-order valence-electron chi connectivity index (χ3n) is 5.37. The van der Waals surface area contributed by atoms with Gasteiger partial charge in [0, 0.05) is 22.3 Å². The molecule has 36 heavy (non-hydrogen) atoms. The molecule has 1 amide bonds. The van der Waals surface area contributed by atoms with Gasteiger partial charge >= 0.3 is 0 Å². The molecule has 4 rings (SSSR count). The summed E-state index contributed by atoms with van der Waals surface area (Å²) in [6.07, 6.45) is 1.61. The highest BCUT2D eigenvalue weighted by molar-refractivity contribution is 7.92. The van der Waals surface area contributed by atoms with Crippen LogP contribution in [0.25, 0.3) is 22.0 Å². The second-order valence-electron chi connectivity index (χ2n) is 8.85. The standard InChI is InChI=1S/C25H23Cl2N5O3S/c1-14-4-7-18(32-36(34,35)22-11-17(26)6-8-20(22)27)12-19(14)15-5-9-21-16(10-15)13-29-24(30-21)31-23(33)25(2,3)28/h4-13,32H,28H2,1-3H3,(H,29,30,31,33). The van der Waals surface area contributed by atoms with Gasteiger partial charge in [0.25, 0.3) is 10.0 Å². The lowest BCUT2D eigenvalue weighted by Gasteiger charge is -2.17. The van der Waals surface area contributed by atoms with Gasteiger partial charge in [-0.25, -0.2) is 18.4 Å². The van der Waals surface area contributed by atoms with Gasteiger partial charge in [0.1, 0.15) is 4.90 Å². The molecule has 1 heterocycles. The van der Waals surface area contributed by atoms with Crippen molar-refractivity contribution in [3.63, 3.8) is 0 Å². The van der Waals surface area contributed by atoms with E-state index < -0.39 is 21.5 Å². The number of nitrogens with two attached hydrogens (primary N) is 1. The van der Waals surface area contributed by atoms with Gasteiger partial charge in [0.15, 0.2) is 0 Å². The van der Waals surface area contributed by atoms with Gasteiger partial charge in [-0.05, 0) is 79.9 Å². The third-order valence-corrected chi connectivity index (χ3v) is 7.47. The number of hydrogen-bond donors (Lipinski definition) is 3. The van der Waals surface area contributed by atoms with Crippen LogP contribution in [0.15, 0.2) is 65.7 Å². The Bertz CT molecular complexity index is 1600. The summed E-state index contributed by atoms with van der Waals surface area (Å²) in [7, 11) is -3.97. The number of hydrogen-bond acceptors (Lipinski definition) is 6. The van der Waals surface area contributed by atoms with Crippen LogP contribution in [0.2, 0.25) is 10.0 Å². The number of anilines is 2. The summed E-state index contributed by atoms with van der Waals surface area (Å²) in [4.78, 5) is 20.6. The molecule has 0 aliphatic carbocycles. The largest absolute Gasteiger partial charge is 0.318 e. The summed E-state index contributed by atoms with van der Waals surface area (Å²) in [5, 5.41) is 3.68. The smallest absolute Gasteiger partial charge is 0.263 e. The molecule has 0 saturated heterocycles. The molecule has 4 aromatic rings. The summed E-state index contributed by atoms with van der Waals surface area (Å²) in [5.41, 5.74) is 8.33. The van der Waals surface area contributed by atoms with Crippen molar-refractivity contribution in [3.05, 3.63) is 76.4 Å². The van der Waals surface area contributed by atoms with Crippen molar-refractivity contribution in [2.45, 2.75) is 31.2 Å². The van der Waals surface area contributed by atoms with E-state index >= 15 is 0 Å². The van der Waals surface area contributed by atoms with Gasteiger partial charge in [-0.15, -0.1) is 0 Å². The summed E-state index contributed by atoms with van der Waals surface area (Å²) < 4.78 is 28.5. The monoisotopic (exact) mass is 543 g/mol. The van der Waals surface area contributed by atoms with Gasteiger partial charge in [0.2, 0.25) is 11.9 Å². The molecule has 186 valence electrons. The predicted octanol–water partition coefficient (Wildman–Crippen LogP) is 5.39. The van der Waals surface area contributed by atoms with Gasteiger partial charge in [0.05, 0.1) is 16.1 Å². The van der Waals surface area contributed by atoms with Crippen molar-refractivity contribution in [2.24, 2.45) is 5.73 Å². The second kappa shape index (κ2) is 9.67. The Hall–Kier alpha value is -3.24. The number of fused-ring (bicyclic) bond motifs is 1. The van der Waals surface area contributed by atoms with E-state index in [4.69, 9.17) is 28.9 Å². The van der Waals surface area contributed by atoms with Crippen LogP contribution in [-0.2, 0) is 14.8 Å². The SMILES string of the molecule is Cc1ccc(NS(=O)(=O)c2cc(Cl)ccc2Cl)cc1-c1ccc2nc(NC(=O)C(C)(C)N)ncc2c1. The van der Waals surface area contributed by atoms with E-state index in [1.54, 1.807) is 38.2 Å². The number of halogens is 2. The number of aromatic nitrogens is 2. The van der Waals surface area contributed by atoms with Crippen molar-refractivity contribution >= 4 is 61.7 Å². The molecule has 3 aromatic carbocycles. The quantitative estimate of drug-likeness (QED) is 0.299. The summed E-state index contributed by atoms with van der Waals surface area (Å²) in [6.45, 7) is 5.11. The Kier molecular flexibility index (Phi) is 6.94. The van der Waals surface area contributed by atoms with Gasteiger partial charge in [-0.2, -0.15) is 0 Å². The molecule has 0 aliphatic rings. The van der Waals surface area contributed by atoms with Crippen molar-refractivity contribution in [1.82, 2.24) is 9.97 Å². The zero-order valence-corrected chi connectivity index (χ0v) is 22.0. The number of carbonyl (C=O) groups excluding carboxylic acids is 1. The van der Waals surface area contributed by atoms with Crippen LogP contribution in [0.1, 0.15) is 19.4 Å². The highest BCUT2D eigenvalue weighted by atomic mass is 35.5. The molecule has 0 atom stereocenters. The van der Waals surface area contributed by atoms with E-state index in [0.29, 0.717) is 11.2 Å². The van der Waals surface area contributed by atoms with E-state index in [2.05, 4.69) is 20.0 Å². The number of aryl methyl sites for hydroxylation is 1. The van der Waals surface area contributed by atoms with Crippen LogP contribution in [-0.4, -0.2) is 29.8 Å². The first-order valence-electron chi connectivity index (χ1n) is 10.8. The Balaban J connectivity index is 1.65. The van der Waals surface area contributed by atoms with Crippen LogP contribution in [0, 0.1) is 6.92 Å². The molecule has 0 radical (unpaired) electrons. The molecule has 0 spiro atoms. The fourth-order valence-electron chi connectivity index (χ4n) is 3.41. The first-order chi connectivity index (χ1) is 16.8. The molecule has 1 aromatic heterocycles. The van der Waals surface area contributed by atoms with Crippen LogP contribution >= 0.6 is 23.2 Å². The van der Waals surface area contributed by atoms with Gasteiger partial charge < -0.3 is 5.73 Å². The average molecular weight is 544 g/mol. The minimum atomic E-state index is -3.97. The Labute approximate surface area is 218 Å². The number of benzene rings is 3. The van der Waals surface area contributed by atoms with E-state index in [0.717, 1.165) is 22.1 Å². The zero-order chi connectivity index (χ0) is 26.3. The summed E-state index contributed by atoms with van der Waals surface area (Å²) in [6, 6.07) is 15.0. The summed E-state index contributed by atoms with van der Waals surface area (Å²) >= 11 is 12.1. The first kappa shape index (κ1) is 25.8. The van der Waals surface area contributed by atoms with Crippen LogP contribution in [0.3, 0.4) is 0 Å². The lowest BCUT2D eigenvalue weighted by atomic mass is 9.99.